The van der Waals surface area contributed by atoms with Gasteiger partial charge in [0.05, 0.1) is 0 Å². The molecule has 0 spiro atoms. The Labute approximate surface area is 199 Å². The van der Waals surface area contributed by atoms with Crippen LogP contribution < -0.4 is 14.5 Å². The van der Waals surface area contributed by atoms with Gasteiger partial charge in [0.15, 0.2) is 0 Å². The minimum absolute atomic E-state index is 0.00751. The number of piperazine rings is 1. The van der Waals surface area contributed by atoms with E-state index in [9.17, 15) is 4.79 Å². The fourth-order valence-electron chi connectivity index (χ4n) is 4.40. The van der Waals surface area contributed by atoms with Crippen LogP contribution in [0.1, 0.15) is 34.7 Å². The van der Waals surface area contributed by atoms with Crippen LogP contribution in [-0.2, 0) is 0 Å². The monoisotopic (exact) mass is 459 g/mol. The van der Waals surface area contributed by atoms with Crippen molar-refractivity contribution >= 4 is 17.5 Å². The lowest BCUT2D eigenvalue weighted by molar-refractivity contribution is 0.0746. The molecular weight excluding hydrogens is 430 g/mol. The highest BCUT2D eigenvalue weighted by Crippen LogP contribution is 2.24. The molecule has 2 fully saturated rings. The molecule has 0 radical (unpaired) electrons. The molecule has 0 unspecified atom stereocenters. The standard InChI is InChI=1S/C25H29N7O2/c1-18-8-9-26-25(27-18)34-21-7-5-6-20(16-21)24(33)32-14-12-31(13-15-32)23-17-22(28-19(2)29-23)30-10-3-4-11-30/h5-9,16-17H,3-4,10-15H2,1-2H3. The molecule has 0 saturated carbocycles. The minimum Gasteiger partial charge on any atom is -0.424 e. The molecule has 9 nitrogen and oxygen atoms in total. The first-order chi connectivity index (χ1) is 16.5. The first-order valence-electron chi connectivity index (χ1n) is 11.8. The van der Waals surface area contributed by atoms with Gasteiger partial charge in [-0.05, 0) is 51.0 Å². The average Bonchev–Trinajstić information content (AvgIpc) is 3.39. The summed E-state index contributed by atoms with van der Waals surface area (Å²) in [5.41, 5.74) is 1.41. The predicted molar refractivity (Wildman–Crippen MR) is 130 cm³/mol. The molecule has 2 aliphatic rings. The van der Waals surface area contributed by atoms with Gasteiger partial charge in [-0.3, -0.25) is 4.79 Å². The number of carbonyl (C=O) groups excluding carboxylic acids is 1. The third kappa shape index (κ3) is 4.93. The molecule has 0 atom stereocenters. The smallest absolute Gasteiger partial charge is 0.322 e. The molecule has 2 aliphatic heterocycles. The number of hydrogen-bond donors (Lipinski definition) is 0. The largest absolute Gasteiger partial charge is 0.424 e. The van der Waals surface area contributed by atoms with Crippen LogP contribution >= 0.6 is 0 Å². The van der Waals surface area contributed by atoms with Crippen molar-refractivity contribution in [2.24, 2.45) is 0 Å². The highest BCUT2D eigenvalue weighted by atomic mass is 16.5. The van der Waals surface area contributed by atoms with E-state index in [1.807, 2.05) is 36.9 Å². The van der Waals surface area contributed by atoms with E-state index < -0.39 is 0 Å². The van der Waals surface area contributed by atoms with Crippen molar-refractivity contribution in [3.05, 3.63) is 59.7 Å². The zero-order valence-corrected chi connectivity index (χ0v) is 19.6. The van der Waals surface area contributed by atoms with Crippen LogP contribution in [0, 0.1) is 13.8 Å². The lowest BCUT2D eigenvalue weighted by atomic mass is 10.1. The quantitative estimate of drug-likeness (QED) is 0.575. The molecular formula is C25H29N7O2. The second-order valence-corrected chi connectivity index (χ2v) is 8.72. The summed E-state index contributed by atoms with van der Waals surface area (Å²) >= 11 is 0. The third-order valence-corrected chi connectivity index (χ3v) is 6.19. The van der Waals surface area contributed by atoms with E-state index in [0.717, 1.165) is 49.3 Å². The molecule has 2 saturated heterocycles. The molecule has 0 aliphatic carbocycles. The summed E-state index contributed by atoms with van der Waals surface area (Å²) < 4.78 is 5.76. The number of rotatable bonds is 5. The zero-order chi connectivity index (χ0) is 23.5. The van der Waals surface area contributed by atoms with Crippen molar-refractivity contribution in [2.45, 2.75) is 26.7 Å². The fourth-order valence-corrected chi connectivity index (χ4v) is 4.40. The number of nitrogens with zero attached hydrogens (tertiary/aromatic N) is 7. The van der Waals surface area contributed by atoms with E-state index in [4.69, 9.17) is 4.74 Å². The maximum atomic E-state index is 13.2. The summed E-state index contributed by atoms with van der Waals surface area (Å²) in [6.45, 7) is 8.65. The molecule has 176 valence electrons. The molecule has 0 N–H and O–H groups in total. The molecule has 5 rings (SSSR count). The van der Waals surface area contributed by atoms with Crippen molar-refractivity contribution < 1.29 is 9.53 Å². The van der Waals surface area contributed by atoms with Crippen LogP contribution in [0.25, 0.3) is 0 Å². The molecule has 9 heteroatoms. The van der Waals surface area contributed by atoms with Gasteiger partial charge in [-0.2, -0.15) is 0 Å². The van der Waals surface area contributed by atoms with Crippen molar-refractivity contribution in [1.29, 1.82) is 0 Å². The van der Waals surface area contributed by atoms with Crippen LogP contribution in [0.15, 0.2) is 42.6 Å². The Hall–Kier alpha value is -3.75. The molecule has 0 bridgehead atoms. The maximum Gasteiger partial charge on any atom is 0.322 e. The van der Waals surface area contributed by atoms with Gasteiger partial charge in [-0.25, -0.2) is 19.9 Å². The molecule has 34 heavy (non-hydrogen) atoms. The van der Waals surface area contributed by atoms with E-state index in [2.05, 4.69) is 35.8 Å². The van der Waals surface area contributed by atoms with Gasteiger partial charge in [-0.1, -0.05) is 6.07 Å². The van der Waals surface area contributed by atoms with E-state index in [1.54, 1.807) is 18.3 Å². The summed E-state index contributed by atoms with van der Waals surface area (Å²) in [5, 5.41) is 0. The normalized spacial score (nSPS) is 16.1. The van der Waals surface area contributed by atoms with Crippen LogP contribution in [0.4, 0.5) is 11.6 Å². The number of benzene rings is 1. The zero-order valence-electron chi connectivity index (χ0n) is 19.6. The van der Waals surface area contributed by atoms with Crippen LogP contribution in [0.3, 0.4) is 0 Å². The molecule has 4 heterocycles. The number of aryl methyl sites for hydroxylation is 2. The van der Waals surface area contributed by atoms with Gasteiger partial charge in [0.2, 0.25) is 0 Å². The molecule has 3 aromatic rings. The summed E-state index contributed by atoms with van der Waals surface area (Å²) in [5.74, 6) is 3.27. The number of carbonyl (C=O) groups is 1. The van der Waals surface area contributed by atoms with E-state index in [0.29, 0.717) is 24.4 Å². The Balaban J connectivity index is 1.23. The molecule has 1 aromatic carbocycles. The number of hydrogen-bond acceptors (Lipinski definition) is 8. The topological polar surface area (TPSA) is 87.6 Å². The number of amides is 1. The Morgan fingerprint density at radius 1 is 0.853 bits per heavy atom. The summed E-state index contributed by atoms with van der Waals surface area (Å²) in [6, 6.07) is 11.3. The first kappa shape index (κ1) is 22.1. The third-order valence-electron chi connectivity index (χ3n) is 6.19. The van der Waals surface area contributed by atoms with E-state index in [-0.39, 0.29) is 11.9 Å². The average molecular weight is 460 g/mol. The van der Waals surface area contributed by atoms with Gasteiger partial charge >= 0.3 is 6.01 Å². The van der Waals surface area contributed by atoms with Gasteiger partial charge in [0.25, 0.3) is 5.91 Å². The van der Waals surface area contributed by atoms with Crippen molar-refractivity contribution in [3.63, 3.8) is 0 Å². The molecule has 2 aromatic heterocycles. The minimum atomic E-state index is -0.00751. The second-order valence-electron chi connectivity index (χ2n) is 8.72. The highest BCUT2D eigenvalue weighted by Gasteiger charge is 2.24. The van der Waals surface area contributed by atoms with Crippen LogP contribution in [0.2, 0.25) is 0 Å². The van der Waals surface area contributed by atoms with Gasteiger partial charge in [0.1, 0.15) is 23.2 Å². The summed E-state index contributed by atoms with van der Waals surface area (Å²) in [4.78, 5) is 37.3. The van der Waals surface area contributed by atoms with Gasteiger partial charge in [-0.15, -0.1) is 0 Å². The second kappa shape index (κ2) is 9.62. The van der Waals surface area contributed by atoms with Crippen LogP contribution in [-0.4, -0.2) is 70.0 Å². The molecule has 1 amide bonds. The maximum absolute atomic E-state index is 13.2. The van der Waals surface area contributed by atoms with Gasteiger partial charge in [0, 0.05) is 62.8 Å². The van der Waals surface area contributed by atoms with Crippen molar-refractivity contribution in [3.8, 4) is 11.8 Å². The van der Waals surface area contributed by atoms with Gasteiger partial charge < -0.3 is 19.4 Å². The Morgan fingerprint density at radius 3 is 2.26 bits per heavy atom. The predicted octanol–water partition coefficient (Wildman–Crippen LogP) is 3.24. The van der Waals surface area contributed by atoms with Crippen molar-refractivity contribution in [2.75, 3.05) is 49.1 Å². The SMILES string of the molecule is Cc1ccnc(Oc2cccc(C(=O)N3CCN(c4cc(N5CCCC5)nc(C)n4)CC3)c2)n1. The first-order valence-corrected chi connectivity index (χ1v) is 11.8. The van der Waals surface area contributed by atoms with E-state index >= 15 is 0 Å². The lowest BCUT2D eigenvalue weighted by Gasteiger charge is -2.35. The van der Waals surface area contributed by atoms with Crippen molar-refractivity contribution in [1.82, 2.24) is 24.8 Å². The summed E-state index contributed by atoms with van der Waals surface area (Å²) in [7, 11) is 0. The Bertz CT molecular complexity index is 1170. The Morgan fingerprint density at radius 2 is 1.56 bits per heavy atom. The highest BCUT2D eigenvalue weighted by molar-refractivity contribution is 5.94. The lowest BCUT2D eigenvalue weighted by Crippen LogP contribution is -2.49. The number of ether oxygens (including phenoxy) is 1. The summed E-state index contributed by atoms with van der Waals surface area (Å²) in [6.07, 6.45) is 4.08. The van der Waals surface area contributed by atoms with E-state index in [1.165, 1.54) is 12.8 Å². The Kier molecular flexibility index (Phi) is 6.24. The fraction of sp³-hybridized carbons (Fsp3) is 0.400. The number of aromatic nitrogens is 4. The van der Waals surface area contributed by atoms with Crippen LogP contribution in [0.5, 0.6) is 11.8 Å². The number of anilines is 2.